The summed E-state index contributed by atoms with van der Waals surface area (Å²) >= 11 is 7.79. The van der Waals surface area contributed by atoms with Crippen molar-refractivity contribution >= 4 is 67.2 Å². The standard InChI is InChI=1S/C43H45ClN8O4S2/c44-33-15-13-31(14-16-33)38-12-5-4-8-32(38)28-50-22-24-51(25-23-50)35-17-19-39-41(26-35)46-30-47-43(39)49-58(55,56)37-18-20-40(42(27-37)52(53)54)48-34(9-6-7-21-45)29-57-36-10-2-1-3-11-36/h1-5,8,10-20,26-27,30,34,48H,6-7,9,21-25,28-29,45H2,(H,46,47,49). The fourth-order valence-corrected chi connectivity index (χ4v) is 9.27. The maximum atomic E-state index is 13.7. The van der Waals surface area contributed by atoms with Crippen molar-refractivity contribution in [1.82, 2.24) is 14.9 Å². The minimum Gasteiger partial charge on any atom is -0.376 e. The zero-order chi connectivity index (χ0) is 40.5. The van der Waals surface area contributed by atoms with E-state index in [0.29, 0.717) is 28.2 Å². The van der Waals surface area contributed by atoms with Crippen LogP contribution in [0, 0.1) is 10.1 Å². The van der Waals surface area contributed by atoms with Gasteiger partial charge in [0, 0.05) is 71.6 Å². The van der Waals surface area contributed by atoms with Gasteiger partial charge in [0.25, 0.3) is 15.7 Å². The monoisotopic (exact) mass is 836 g/mol. The lowest BCUT2D eigenvalue weighted by molar-refractivity contribution is -0.384. The second-order valence-corrected chi connectivity index (χ2v) is 17.4. The second-order valence-electron chi connectivity index (χ2n) is 14.1. The lowest BCUT2D eigenvalue weighted by Crippen LogP contribution is -2.46. The summed E-state index contributed by atoms with van der Waals surface area (Å²) in [4.78, 5) is 26.0. The molecular weight excluding hydrogens is 792 g/mol. The van der Waals surface area contributed by atoms with E-state index in [9.17, 15) is 18.5 Å². The van der Waals surface area contributed by atoms with Crippen LogP contribution in [0.5, 0.6) is 0 Å². The second kappa shape index (κ2) is 19.0. The molecule has 15 heteroatoms. The maximum absolute atomic E-state index is 13.7. The molecule has 1 fully saturated rings. The van der Waals surface area contributed by atoms with E-state index in [1.54, 1.807) is 11.8 Å². The Hall–Kier alpha value is -5.25. The summed E-state index contributed by atoms with van der Waals surface area (Å²) in [5, 5.41) is 16.8. The van der Waals surface area contributed by atoms with Gasteiger partial charge in [0.15, 0.2) is 5.82 Å². The molecule has 0 spiro atoms. The molecule has 12 nitrogen and oxygen atoms in total. The molecule has 0 aliphatic carbocycles. The maximum Gasteiger partial charge on any atom is 0.293 e. The first-order chi connectivity index (χ1) is 28.2. The highest BCUT2D eigenvalue weighted by Gasteiger charge is 2.25. The van der Waals surface area contributed by atoms with Crippen LogP contribution in [-0.2, 0) is 16.6 Å². The number of thioether (sulfide) groups is 1. The molecule has 1 unspecified atom stereocenters. The van der Waals surface area contributed by atoms with E-state index in [1.807, 2.05) is 60.7 Å². The summed E-state index contributed by atoms with van der Waals surface area (Å²) in [7, 11) is -4.27. The summed E-state index contributed by atoms with van der Waals surface area (Å²) in [5.74, 6) is 0.746. The highest BCUT2D eigenvalue weighted by Crippen LogP contribution is 2.33. The van der Waals surface area contributed by atoms with Crippen molar-refractivity contribution in [1.29, 1.82) is 0 Å². The Morgan fingerprint density at radius 1 is 0.879 bits per heavy atom. The normalized spacial score (nSPS) is 14.0. The van der Waals surface area contributed by atoms with Crippen LogP contribution in [0.2, 0.25) is 5.02 Å². The van der Waals surface area contributed by atoms with Crippen LogP contribution >= 0.6 is 23.4 Å². The lowest BCUT2D eigenvalue weighted by Gasteiger charge is -2.36. The number of nitro groups is 1. The minimum atomic E-state index is -4.27. The summed E-state index contributed by atoms with van der Waals surface area (Å²) in [6.45, 7) is 4.73. The molecular formula is C43H45ClN8O4S2. The predicted molar refractivity (Wildman–Crippen MR) is 235 cm³/mol. The van der Waals surface area contributed by atoms with Crippen molar-refractivity contribution in [3.05, 3.63) is 142 Å². The summed E-state index contributed by atoms with van der Waals surface area (Å²) in [6.07, 6.45) is 3.74. The highest BCUT2D eigenvalue weighted by molar-refractivity contribution is 7.99. The molecule has 7 rings (SSSR count). The third-order valence-corrected chi connectivity index (χ3v) is 13.0. The average molecular weight is 837 g/mol. The summed E-state index contributed by atoms with van der Waals surface area (Å²) in [6, 6.07) is 35.8. The Kier molecular flexibility index (Phi) is 13.4. The Morgan fingerprint density at radius 2 is 1.64 bits per heavy atom. The van der Waals surface area contributed by atoms with Crippen molar-refractivity contribution in [3.63, 3.8) is 0 Å². The minimum absolute atomic E-state index is 0.0866. The first-order valence-electron chi connectivity index (χ1n) is 19.2. The van der Waals surface area contributed by atoms with Gasteiger partial charge in [-0.2, -0.15) is 0 Å². The fourth-order valence-electron chi connectivity index (χ4n) is 7.10. The number of unbranched alkanes of at least 4 members (excludes halogenated alkanes) is 1. The number of rotatable bonds is 17. The number of hydrogen-bond acceptors (Lipinski definition) is 11. The van der Waals surface area contributed by atoms with Crippen LogP contribution in [0.25, 0.3) is 22.0 Å². The number of nitrogens with zero attached hydrogens (tertiary/aromatic N) is 5. The molecule has 2 heterocycles. The van der Waals surface area contributed by atoms with E-state index in [2.05, 4.69) is 66.2 Å². The summed E-state index contributed by atoms with van der Waals surface area (Å²) < 4.78 is 30.0. The number of nitrogens with one attached hydrogen (secondary N) is 2. The number of nitro benzene ring substituents is 1. The van der Waals surface area contributed by atoms with E-state index < -0.39 is 14.9 Å². The zero-order valence-electron chi connectivity index (χ0n) is 31.8. The molecule has 1 atom stereocenters. The van der Waals surface area contributed by atoms with Gasteiger partial charge in [0.1, 0.15) is 12.0 Å². The zero-order valence-corrected chi connectivity index (χ0v) is 34.2. The molecule has 6 aromatic rings. The molecule has 0 saturated carbocycles. The van der Waals surface area contributed by atoms with Gasteiger partial charge < -0.3 is 16.0 Å². The quantitative estimate of drug-likeness (QED) is 0.0349. The predicted octanol–water partition coefficient (Wildman–Crippen LogP) is 8.68. The lowest BCUT2D eigenvalue weighted by atomic mass is 9.99. The van der Waals surface area contributed by atoms with Gasteiger partial charge in [0.2, 0.25) is 0 Å². The average Bonchev–Trinajstić information content (AvgIpc) is 3.24. The van der Waals surface area contributed by atoms with E-state index in [1.165, 1.54) is 29.6 Å². The van der Waals surface area contributed by atoms with Crippen molar-refractivity contribution in [2.24, 2.45) is 5.73 Å². The third kappa shape index (κ3) is 10.2. The third-order valence-electron chi connectivity index (χ3n) is 10.2. The van der Waals surface area contributed by atoms with Crippen molar-refractivity contribution in [2.45, 2.75) is 41.6 Å². The number of nitrogens with two attached hydrogens (primary N) is 1. The first kappa shape index (κ1) is 40.9. The number of fused-ring (bicyclic) bond motifs is 1. The Labute approximate surface area is 348 Å². The van der Waals surface area contributed by atoms with Gasteiger partial charge in [-0.25, -0.2) is 18.4 Å². The number of benzene rings is 5. The van der Waals surface area contributed by atoms with Gasteiger partial charge in [-0.15, -0.1) is 11.8 Å². The van der Waals surface area contributed by atoms with Crippen molar-refractivity contribution < 1.29 is 13.3 Å². The highest BCUT2D eigenvalue weighted by atomic mass is 35.5. The molecule has 58 heavy (non-hydrogen) atoms. The molecule has 0 amide bonds. The molecule has 5 aromatic carbocycles. The van der Waals surface area contributed by atoms with Crippen LogP contribution in [0.15, 0.2) is 131 Å². The number of anilines is 3. The van der Waals surface area contributed by atoms with Gasteiger partial charge in [-0.1, -0.05) is 72.6 Å². The number of sulfonamides is 1. The topological polar surface area (TPSA) is 160 Å². The van der Waals surface area contributed by atoms with E-state index in [4.69, 9.17) is 17.3 Å². The largest absolute Gasteiger partial charge is 0.376 e. The molecule has 1 aromatic heterocycles. The van der Waals surface area contributed by atoms with Crippen LogP contribution in [-0.4, -0.2) is 72.7 Å². The number of halogens is 1. The van der Waals surface area contributed by atoms with E-state index in [0.717, 1.165) is 74.2 Å². The molecule has 0 radical (unpaired) electrons. The van der Waals surface area contributed by atoms with Gasteiger partial charge in [-0.05, 0) is 90.7 Å². The van der Waals surface area contributed by atoms with E-state index >= 15 is 0 Å². The molecule has 1 aliphatic heterocycles. The Balaban J connectivity index is 1.02. The molecule has 300 valence electrons. The number of piperazine rings is 1. The molecule has 0 bridgehead atoms. The van der Waals surface area contributed by atoms with Crippen molar-refractivity contribution in [3.8, 4) is 11.1 Å². The van der Waals surface area contributed by atoms with Crippen LogP contribution in [0.3, 0.4) is 0 Å². The van der Waals surface area contributed by atoms with Gasteiger partial charge in [0.05, 0.1) is 15.3 Å². The Morgan fingerprint density at radius 3 is 2.40 bits per heavy atom. The first-order valence-corrected chi connectivity index (χ1v) is 22.0. The molecule has 1 saturated heterocycles. The smallest absolute Gasteiger partial charge is 0.293 e. The van der Waals surface area contributed by atoms with E-state index in [-0.39, 0.29) is 28.1 Å². The molecule has 1 aliphatic rings. The van der Waals surface area contributed by atoms with Gasteiger partial charge >= 0.3 is 0 Å². The Bertz CT molecular complexity index is 2450. The molecule has 4 N–H and O–H groups in total. The number of aromatic nitrogens is 2. The fraction of sp³-hybridized carbons (Fsp3) is 0.256. The number of hydrogen-bond donors (Lipinski definition) is 3. The van der Waals surface area contributed by atoms with Crippen LogP contribution in [0.4, 0.5) is 22.9 Å². The summed E-state index contributed by atoms with van der Waals surface area (Å²) in [5.41, 5.74) is 10.8. The SMILES string of the molecule is NCCCCC(CSc1ccccc1)Nc1ccc(S(=O)(=O)Nc2ncnc3cc(N4CCN(Cc5ccccc5-c5ccc(Cl)cc5)CC4)ccc23)cc1[N+](=O)[O-]. The van der Waals surface area contributed by atoms with Crippen molar-refractivity contribution in [2.75, 3.05) is 53.4 Å². The van der Waals surface area contributed by atoms with Crippen LogP contribution in [0.1, 0.15) is 24.8 Å². The van der Waals surface area contributed by atoms with Gasteiger partial charge in [-0.3, -0.25) is 19.7 Å². The van der Waals surface area contributed by atoms with Crippen LogP contribution < -0.4 is 20.7 Å².